The first-order valence-corrected chi connectivity index (χ1v) is 9.63. The molecule has 0 unspecified atom stereocenters. The average molecular weight is 374 g/mol. The molecule has 138 valence electrons. The van der Waals surface area contributed by atoms with Crippen LogP contribution in [-0.4, -0.2) is 29.4 Å². The largest absolute Gasteiger partial charge is 0.454 e. The molecule has 0 aromatic heterocycles. The number of benzene rings is 2. The highest BCUT2D eigenvalue weighted by Crippen LogP contribution is 2.34. The molecule has 2 aromatic carbocycles. The predicted octanol–water partition coefficient (Wildman–Crippen LogP) is 4.55. The quantitative estimate of drug-likeness (QED) is 0.806. The first kappa shape index (κ1) is 17.7. The van der Waals surface area contributed by atoms with Gasteiger partial charge in [0.05, 0.1) is 6.10 Å². The van der Waals surface area contributed by atoms with E-state index in [2.05, 4.69) is 17.0 Å². The fraction of sp³-hybridized carbons (Fsp3) is 0.429. The first-order chi connectivity index (χ1) is 12.7. The number of nitrogens with zero attached hydrogens (tertiary/aromatic N) is 1. The average Bonchev–Trinajstić information content (AvgIpc) is 3.33. The number of fused-ring (bicyclic) bond motifs is 1. The maximum atomic E-state index is 10.7. The van der Waals surface area contributed by atoms with E-state index in [1.807, 2.05) is 30.3 Å². The lowest BCUT2D eigenvalue weighted by Crippen LogP contribution is -2.36. The van der Waals surface area contributed by atoms with Gasteiger partial charge in [-0.15, -0.1) is 0 Å². The van der Waals surface area contributed by atoms with Crippen LogP contribution in [0.15, 0.2) is 42.5 Å². The maximum absolute atomic E-state index is 10.7. The normalized spacial score (nSPS) is 17.8. The van der Waals surface area contributed by atoms with Gasteiger partial charge >= 0.3 is 0 Å². The van der Waals surface area contributed by atoms with Gasteiger partial charge in [0.1, 0.15) is 0 Å². The van der Waals surface area contributed by atoms with Gasteiger partial charge in [0, 0.05) is 24.2 Å². The summed E-state index contributed by atoms with van der Waals surface area (Å²) >= 11 is 5.97. The van der Waals surface area contributed by atoms with Gasteiger partial charge in [0.25, 0.3) is 0 Å². The van der Waals surface area contributed by atoms with Crippen LogP contribution in [0.2, 0.25) is 5.02 Å². The molecule has 1 atom stereocenters. The van der Waals surface area contributed by atoms with Crippen molar-refractivity contribution in [1.82, 2.24) is 4.90 Å². The standard InChI is InChI=1S/C21H24ClNO3/c22-17-8-6-16(7-9-17)19(24)13-23(18-3-1-2-4-18)12-15-5-10-20-21(11-15)26-14-25-20/h5-11,18-19,24H,1-4,12-14H2/t19-/m1/s1. The third-order valence-corrected chi connectivity index (χ3v) is 5.58. The Labute approximate surface area is 159 Å². The third-order valence-electron chi connectivity index (χ3n) is 5.33. The van der Waals surface area contributed by atoms with E-state index in [1.165, 1.54) is 31.2 Å². The van der Waals surface area contributed by atoms with E-state index in [9.17, 15) is 5.11 Å². The zero-order valence-electron chi connectivity index (χ0n) is 14.7. The summed E-state index contributed by atoms with van der Waals surface area (Å²) in [4.78, 5) is 2.41. The van der Waals surface area contributed by atoms with Gasteiger partial charge in [-0.25, -0.2) is 0 Å². The molecular formula is C21H24ClNO3. The molecule has 0 radical (unpaired) electrons. The second-order valence-electron chi connectivity index (χ2n) is 7.12. The van der Waals surface area contributed by atoms with Crippen LogP contribution in [-0.2, 0) is 6.54 Å². The molecule has 2 aromatic rings. The minimum absolute atomic E-state index is 0.292. The van der Waals surface area contributed by atoms with Crippen molar-refractivity contribution in [2.24, 2.45) is 0 Å². The molecule has 4 rings (SSSR count). The Hall–Kier alpha value is -1.75. The van der Waals surface area contributed by atoms with Crippen molar-refractivity contribution in [3.8, 4) is 11.5 Å². The Bertz CT molecular complexity index is 743. The van der Waals surface area contributed by atoms with Gasteiger partial charge in [-0.05, 0) is 48.2 Å². The summed E-state index contributed by atoms with van der Waals surface area (Å²) in [6.45, 7) is 1.70. The SMILES string of the molecule is O[C@H](CN(Cc1ccc2c(c1)OCO2)C1CCCC1)c1ccc(Cl)cc1. The van der Waals surface area contributed by atoms with Crippen molar-refractivity contribution in [3.05, 3.63) is 58.6 Å². The summed E-state index contributed by atoms with van der Waals surface area (Å²) in [6.07, 6.45) is 4.39. The smallest absolute Gasteiger partial charge is 0.231 e. The van der Waals surface area contributed by atoms with Crippen LogP contribution in [0.1, 0.15) is 42.9 Å². The number of halogens is 1. The molecule has 0 amide bonds. The molecule has 0 spiro atoms. The van der Waals surface area contributed by atoms with Gasteiger partial charge in [-0.1, -0.05) is 42.6 Å². The number of hydrogen-bond acceptors (Lipinski definition) is 4. The van der Waals surface area contributed by atoms with E-state index < -0.39 is 6.10 Å². The molecule has 1 N–H and O–H groups in total. The highest BCUT2D eigenvalue weighted by molar-refractivity contribution is 6.30. The van der Waals surface area contributed by atoms with E-state index in [0.717, 1.165) is 23.6 Å². The molecule has 0 saturated heterocycles. The van der Waals surface area contributed by atoms with Crippen LogP contribution >= 0.6 is 11.6 Å². The summed E-state index contributed by atoms with van der Waals surface area (Å²) in [7, 11) is 0. The number of aliphatic hydroxyl groups is 1. The number of aliphatic hydroxyl groups excluding tert-OH is 1. The summed E-state index contributed by atoms with van der Waals surface area (Å²) in [5, 5.41) is 11.4. The Kier molecular flexibility index (Phi) is 5.34. The fourth-order valence-electron chi connectivity index (χ4n) is 3.90. The van der Waals surface area contributed by atoms with Crippen LogP contribution in [0.4, 0.5) is 0 Å². The Morgan fingerprint density at radius 2 is 1.77 bits per heavy atom. The van der Waals surface area contributed by atoms with Crippen LogP contribution in [0, 0.1) is 0 Å². The second kappa shape index (κ2) is 7.87. The molecule has 5 heteroatoms. The Balaban J connectivity index is 1.49. The monoisotopic (exact) mass is 373 g/mol. The van der Waals surface area contributed by atoms with Gasteiger partial charge in [-0.3, -0.25) is 4.90 Å². The van der Waals surface area contributed by atoms with Crippen molar-refractivity contribution in [3.63, 3.8) is 0 Å². The van der Waals surface area contributed by atoms with Crippen molar-refractivity contribution in [2.75, 3.05) is 13.3 Å². The van der Waals surface area contributed by atoms with E-state index in [0.29, 0.717) is 24.4 Å². The van der Waals surface area contributed by atoms with E-state index in [1.54, 1.807) is 0 Å². The van der Waals surface area contributed by atoms with E-state index >= 15 is 0 Å². The maximum Gasteiger partial charge on any atom is 0.231 e. The van der Waals surface area contributed by atoms with Crippen molar-refractivity contribution in [2.45, 2.75) is 44.4 Å². The van der Waals surface area contributed by atoms with E-state index in [4.69, 9.17) is 21.1 Å². The fourth-order valence-corrected chi connectivity index (χ4v) is 4.02. The molecule has 1 saturated carbocycles. The number of rotatable bonds is 6. The minimum atomic E-state index is -0.526. The van der Waals surface area contributed by atoms with E-state index in [-0.39, 0.29) is 0 Å². The molecule has 1 fully saturated rings. The summed E-state index contributed by atoms with van der Waals surface area (Å²) in [6, 6.07) is 14.1. The lowest BCUT2D eigenvalue weighted by atomic mass is 10.1. The highest BCUT2D eigenvalue weighted by Gasteiger charge is 2.26. The molecular weight excluding hydrogens is 350 g/mol. The van der Waals surface area contributed by atoms with Crippen LogP contribution in [0.5, 0.6) is 11.5 Å². The molecule has 0 bridgehead atoms. The van der Waals surface area contributed by atoms with Gasteiger partial charge in [-0.2, -0.15) is 0 Å². The van der Waals surface area contributed by atoms with Crippen LogP contribution in [0.3, 0.4) is 0 Å². The molecule has 1 heterocycles. The molecule has 1 aliphatic heterocycles. The Morgan fingerprint density at radius 1 is 1.04 bits per heavy atom. The van der Waals surface area contributed by atoms with Crippen molar-refractivity contribution >= 4 is 11.6 Å². The third kappa shape index (κ3) is 3.98. The van der Waals surface area contributed by atoms with Crippen LogP contribution < -0.4 is 9.47 Å². The van der Waals surface area contributed by atoms with Gasteiger partial charge in [0.15, 0.2) is 11.5 Å². The Morgan fingerprint density at radius 3 is 2.54 bits per heavy atom. The van der Waals surface area contributed by atoms with Crippen molar-refractivity contribution in [1.29, 1.82) is 0 Å². The number of ether oxygens (including phenoxy) is 2. The second-order valence-corrected chi connectivity index (χ2v) is 7.56. The molecule has 2 aliphatic rings. The summed E-state index contributed by atoms with van der Waals surface area (Å²) in [5.41, 5.74) is 2.09. The molecule has 26 heavy (non-hydrogen) atoms. The van der Waals surface area contributed by atoms with Gasteiger partial charge in [0.2, 0.25) is 6.79 Å². The minimum Gasteiger partial charge on any atom is -0.454 e. The first-order valence-electron chi connectivity index (χ1n) is 9.25. The lowest BCUT2D eigenvalue weighted by Gasteiger charge is -2.31. The highest BCUT2D eigenvalue weighted by atomic mass is 35.5. The van der Waals surface area contributed by atoms with Gasteiger partial charge < -0.3 is 14.6 Å². The molecule has 4 nitrogen and oxygen atoms in total. The zero-order valence-corrected chi connectivity index (χ0v) is 15.5. The molecule has 1 aliphatic carbocycles. The predicted molar refractivity (Wildman–Crippen MR) is 102 cm³/mol. The summed E-state index contributed by atoms with van der Waals surface area (Å²) < 4.78 is 10.9. The van der Waals surface area contributed by atoms with Crippen LogP contribution in [0.25, 0.3) is 0 Å². The zero-order chi connectivity index (χ0) is 17.9. The lowest BCUT2D eigenvalue weighted by molar-refractivity contribution is 0.0826. The topological polar surface area (TPSA) is 41.9 Å². The summed E-state index contributed by atoms with van der Waals surface area (Å²) in [5.74, 6) is 1.62. The van der Waals surface area contributed by atoms with Crippen molar-refractivity contribution < 1.29 is 14.6 Å². The number of hydrogen-bond donors (Lipinski definition) is 1.